The van der Waals surface area contributed by atoms with Crippen molar-refractivity contribution in [2.24, 2.45) is 0 Å². The van der Waals surface area contributed by atoms with E-state index in [4.69, 9.17) is 9.47 Å². The Morgan fingerprint density at radius 2 is 1.96 bits per heavy atom. The van der Waals surface area contributed by atoms with Gasteiger partial charge in [-0.05, 0) is 56.3 Å². The van der Waals surface area contributed by atoms with Crippen LogP contribution in [0.3, 0.4) is 0 Å². The molecule has 1 aliphatic rings. The zero-order valence-corrected chi connectivity index (χ0v) is 17.1. The Hall–Kier alpha value is -2.54. The van der Waals surface area contributed by atoms with Crippen LogP contribution in [-0.2, 0) is 4.79 Å². The van der Waals surface area contributed by atoms with E-state index >= 15 is 0 Å². The van der Waals surface area contributed by atoms with E-state index in [0.29, 0.717) is 30.3 Å². The number of likely N-dealkylation sites (tertiary alicyclic amines) is 1. The van der Waals surface area contributed by atoms with Gasteiger partial charge in [-0.1, -0.05) is 6.07 Å². The number of ether oxygens (including phenoxy) is 2. The summed E-state index contributed by atoms with van der Waals surface area (Å²) in [5, 5.41) is 4.77. The first-order chi connectivity index (χ1) is 13.6. The van der Waals surface area contributed by atoms with Gasteiger partial charge >= 0.3 is 0 Å². The molecule has 28 heavy (non-hydrogen) atoms. The predicted molar refractivity (Wildman–Crippen MR) is 109 cm³/mol. The van der Waals surface area contributed by atoms with Crippen LogP contribution in [-0.4, -0.2) is 43.0 Å². The molecule has 7 heteroatoms. The molecule has 1 saturated heterocycles. The SMILES string of the molecule is CCOc1ccc(C(=O)NCC(=O)N2CCCC2c2cccs2)cc1OCC. The highest BCUT2D eigenvalue weighted by molar-refractivity contribution is 7.10. The molecule has 0 bridgehead atoms. The summed E-state index contributed by atoms with van der Waals surface area (Å²) in [5.74, 6) is 0.776. The van der Waals surface area contributed by atoms with Crippen molar-refractivity contribution < 1.29 is 19.1 Å². The molecule has 1 unspecified atom stereocenters. The van der Waals surface area contributed by atoms with Crippen LogP contribution < -0.4 is 14.8 Å². The predicted octanol–water partition coefficient (Wildman–Crippen LogP) is 3.64. The molecule has 1 fully saturated rings. The lowest BCUT2D eigenvalue weighted by Gasteiger charge is -2.24. The number of amides is 2. The van der Waals surface area contributed by atoms with Crippen LogP contribution in [0.4, 0.5) is 0 Å². The van der Waals surface area contributed by atoms with Gasteiger partial charge in [0.2, 0.25) is 5.91 Å². The monoisotopic (exact) mass is 402 g/mol. The molecule has 1 atom stereocenters. The van der Waals surface area contributed by atoms with Crippen molar-refractivity contribution >= 4 is 23.2 Å². The van der Waals surface area contributed by atoms with Crippen molar-refractivity contribution in [2.45, 2.75) is 32.7 Å². The van der Waals surface area contributed by atoms with E-state index in [-0.39, 0.29) is 24.4 Å². The minimum atomic E-state index is -0.302. The lowest BCUT2D eigenvalue weighted by molar-refractivity contribution is -0.131. The van der Waals surface area contributed by atoms with Crippen LogP contribution >= 0.6 is 11.3 Å². The largest absolute Gasteiger partial charge is 0.490 e. The standard InChI is InChI=1S/C21H26N2O4S/c1-3-26-17-10-9-15(13-18(17)27-4-2)21(25)22-14-20(24)23-11-5-7-16(23)19-8-6-12-28-19/h6,8-10,12-13,16H,3-5,7,11,14H2,1-2H3,(H,22,25). The van der Waals surface area contributed by atoms with Crippen molar-refractivity contribution in [1.29, 1.82) is 0 Å². The van der Waals surface area contributed by atoms with Gasteiger partial charge in [0.15, 0.2) is 11.5 Å². The molecule has 2 amide bonds. The molecular weight excluding hydrogens is 376 g/mol. The average Bonchev–Trinajstić information content (AvgIpc) is 3.38. The summed E-state index contributed by atoms with van der Waals surface area (Å²) in [7, 11) is 0. The van der Waals surface area contributed by atoms with Crippen molar-refractivity contribution in [3.63, 3.8) is 0 Å². The zero-order chi connectivity index (χ0) is 19.9. The van der Waals surface area contributed by atoms with Crippen molar-refractivity contribution in [3.05, 3.63) is 46.2 Å². The third-order valence-corrected chi connectivity index (χ3v) is 5.62. The Bertz CT molecular complexity index is 807. The van der Waals surface area contributed by atoms with E-state index in [2.05, 4.69) is 11.4 Å². The maximum absolute atomic E-state index is 12.7. The minimum absolute atomic E-state index is 0.0160. The Kier molecular flexibility index (Phi) is 6.92. The first-order valence-electron chi connectivity index (χ1n) is 9.64. The van der Waals surface area contributed by atoms with Crippen molar-refractivity contribution in [2.75, 3.05) is 26.3 Å². The maximum Gasteiger partial charge on any atom is 0.251 e. The number of hydrogen-bond acceptors (Lipinski definition) is 5. The fourth-order valence-electron chi connectivity index (χ4n) is 3.39. The third kappa shape index (κ3) is 4.65. The Morgan fingerprint density at radius 3 is 2.68 bits per heavy atom. The Labute approximate surface area is 169 Å². The highest BCUT2D eigenvalue weighted by atomic mass is 32.1. The fraction of sp³-hybridized carbons (Fsp3) is 0.429. The molecule has 0 radical (unpaired) electrons. The van der Waals surface area contributed by atoms with Crippen LogP contribution in [0.5, 0.6) is 11.5 Å². The van der Waals surface area contributed by atoms with Gasteiger partial charge in [-0.25, -0.2) is 0 Å². The number of nitrogens with one attached hydrogen (secondary N) is 1. The smallest absolute Gasteiger partial charge is 0.251 e. The van der Waals surface area contributed by atoms with E-state index < -0.39 is 0 Å². The molecule has 2 heterocycles. The lowest BCUT2D eigenvalue weighted by atomic mass is 10.2. The number of carbonyl (C=O) groups excluding carboxylic acids is 2. The molecule has 1 aromatic carbocycles. The van der Waals surface area contributed by atoms with Gasteiger partial charge in [0, 0.05) is 17.0 Å². The van der Waals surface area contributed by atoms with Gasteiger partial charge in [0.25, 0.3) is 5.91 Å². The van der Waals surface area contributed by atoms with E-state index in [0.717, 1.165) is 19.4 Å². The van der Waals surface area contributed by atoms with Crippen molar-refractivity contribution in [3.8, 4) is 11.5 Å². The normalized spacial score (nSPS) is 16.1. The second kappa shape index (κ2) is 9.59. The molecule has 2 aromatic rings. The molecule has 150 valence electrons. The zero-order valence-electron chi connectivity index (χ0n) is 16.3. The number of nitrogens with zero attached hydrogens (tertiary/aromatic N) is 1. The number of carbonyl (C=O) groups is 2. The minimum Gasteiger partial charge on any atom is -0.490 e. The van der Waals surface area contributed by atoms with Gasteiger partial charge in [0.05, 0.1) is 25.8 Å². The first kappa shape index (κ1) is 20.2. The molecule has 6 nitrogen and oxygen atoms in total. The molecule has 0 aliphatic carbocycles. The molecular formula is C21H26N2O4S. The van der Waals surface area contributed by atoms with Gasteiger partial charge in [-0.2, -0.15) is 0 Å². The summed E-state index contributed by atoms with van der Waals surface area (Å²) in [6, 6.07) is 9.24. The topological polar surface area (TPSA) is 67.9 Å². The lowest BCUT2D eigenvalue weighted by Crippen LogP contribution is -2.39. The van der Waals surface area contributed by atoms with Crippen LogP contribution in [0.15, 0.2) is 35.7 Å². The maximum atomic E-state index is 12.7. The number of rotatable bonds is 8. The first-order valence-corrected chi connectivity index (χ1v) is 10.5. The fourth-order valence-corrected chi connectivity index (χ4v) is 4.27. The highest BCUT2D eigenvalue weighted by Crippen LogP contribution is 2.34. The highest BCUT2D eigenvalue weighted by Gasteiger charge is 2.30. The van der Waals surface area contributed by atoms with E-state index in [1.54, 1.807) is 29.5 Å². The second-order valence-electron chi connectivity index (χ2n) is 6.47. The van der Waals surface area contributed by atoms with Crippen LogP contribution in [0, 0.1) is 0 Å². The summed E-state index contributed by atoms with van der Waals surface area (Å²) in [5.41, 5.74) is 0.441. The summed E-state index contributed by atoms with van der Waals surface area (Å²) in [4.78, 5) is 28.3. The second-order valence-corrected chi connectivity index (χ2v) is 7.45. The molecule has 1 aromatic heterocycles. The Morgan fingerprint density at radius 1 is 1.18 bits per heavy atom. The third-order valence-electron chi connectivity index (χ3n) is 4.65. The summed E-state index contributed by atoms with van der Waals surface area (Å²) >= 11 is 1.67. The number of benzene rings is 1. The van der Waals surface area contributed by atoms with Crippen LogP contribution in [0.1, 0.15) is 48.0 Å². The van der Waals surface area contributed by atoms with E-state index in [9.17, 15) is 9.59 Å². The quantitative estimate of drug-likeness (QED) is 0.732. The van der Waals surface area contributed by atoms with Gasteiger partial charge in [0.1, 0.15) is 0 Å². The van der Waals surface area contributed by atoms with Gasteiger partial charge in [-0.15, -0.1) is 11.3 Å². The summed E-state index contributed by atoms with van der Waals surface area (Å²) in [6.45, 7) is 5.47. The molecule has 0 spiro atoms. The summed E-state index contributed by atoms with van der Waals surface area (Å²) < 4.78 is 11.1. The van der Waals surface area contributed by atoms with Crippen LogP contribution in [0.2, 0.25) is 0 Å². The molecule has 0 saturated carbocycles. The molecule has 3 rings (SSSR count). The summed E-state index contributed by atoms with van der Waals surface area (Å²) in [6.07, 6.45) is 1.95. The number of thiophene rings is 1. The average molecular weight is 403 g/mol. The number of hydrogen-bond donors (Lipinski definition) is 1. The molecule has 1 aliphatic heterocycles. The Balaban J connectivity index is 1.62. The van der Waals surface area contributed by atoms with E-state index in [1.807, 2.05) is 30.2 Å². The molecule has 1 N–H and O–H groups in total. The van der Waals surface area contributed by atoms with E-state index in [1.165, 1.54) is 4.88 Å². The van der Waals surface area contributed by atoms with Gasteiger partial charge < -0.3 is 19.7 Å². The van der Waals surface area contributed by atoms with Crippen molar-refractivity contribution in [1.82, 2.24) is 10.2 Å². The van der Waals surface area contributed by atoms with Gasteiger partial charge in [-0.3, -0.25) is 9.59 Å². The van der Waals surface area contributed by atoms with Crippen LogP contribution in [0.25, 0.3) is 0 Å².